The Labute approximate surface area is 168 Å². The number of epoxide rings is 1. The average Bonchev–Trinajstić information content (AvgIpc) is 3.37. The zero-order valence-electron chi connectivity index (χ0n) is 18.3. The van der Waals surface area contributed by atoms with Crippen molar-refractivity contribution in [1.82, 2.24) is 0 Å². The SMILES string of the molecule is CCCCCCCCCCCCCCCC1OC1(CCCCCC)C(=O)O. The molecule has 3 nitrogen and oxygen atoms in total. The van der Waals surface area contributed by atoms with Crippen LogP contribution >= 0.6 is 0 Å². The first-order valence-corrected chi connectivity index (χ1v) is 12.1. The largest absolute Gasteiger partial charge is 0.479 e. The van der Waals surface area contributed by atoms with Gasteiger partial charge in [-0.1, -0.05) is 117 Å². The van der Waals surface area contributed by atoms with Gasteiger partial charge in [0.15, 0.2) is 5.60 Å². The summed E-state index contributed by atoms with van der Waals surface area (Å²) in [6.07, 6.45) is 23.6. The van der Waals surface area contributed by atoms with Crippen LogP contribution in [0.1, 0.15) is 136 Å². The molecule has 0 saturated carbocycles. The first-order chi connectivity index (χ1) is 13.2. The van der Waals surface area contributed by atoms with E-state index in [0.717, 1.165) is 25.7 Å². The molecule has 1 fully saturated rings. The molecule has 0 aliphatic carbocycles. The minimum Gasteiger partial charge on any atom is -0.479 e. The second kappa shape index (κ2) is 15.4. The van der Waals surface area contributed by atoms with Gasteiger partial charge in [0.2, 0.25) is 0 Å². The third-order valence-electron chi connectivity index (χ3n) is 6.15. The Hall–Kier alpha value is -0.570. The maximum absolute atomic E-state index is 11.6. The lowest BCUT2D eigenvalue weighted by Crippen LogP contribution is -2.27. The van der Waals surface area contributed by atoms with E-state index >= 15 is 0 Å². The quantitative estimate of drug-likeness (QED) is 0.174. The number of carboxylic acids is 1. The molecular weight excluding hydrogens is 336 g/mol. The van der Waals surface area contributed by atoms with Gasteiger partial charge in [-0.25, -0.2) is 4.79 Å². The van der Waals surface area contributed by atoms with Crippen molar-refractivity contribution in [3.63, 3.8) is 0 Å². The van der Waals surface area contributed by atoms with E-state index in [9.17, 15) is 9.90 Å². The normalized spacial score (nSPS) is 21.5. The molecular formula is C24H46O3. The molecule has 2 unspecified atom stereocenters. The molecule has 2 atom stereocenters. The average molecular weight is 383 g/mol. The van der Waals surface area contributed by atoms with E-state index in [-0.39, 0.29) is 6.10 Å². The number of unbranched alkanes of at least 4 members (excludes halogenated alkanes) is 15. The lowest BCUT2D eigenvalue weighted by Gasteiger charge is -2.07. The van der Waals surface area contributed by atoms with E-state index < -0.39 is 11.6 Å². The van der Waals surface area contributed by atoms with Gasteiger partial charge in [-0.3, -0.25) is 0 Å². The van der Waals surface area contributed by atoms with E-state index in [0.29, 0.717) is 6.42 Å². The molecule has 1 N–H and O–H groups in total. The van der Waals surface area contributed by atoms with E-state index in [4.69, 9.17) is 4.74 Å². The lowest BCUT2D eigenvalue weighted by atomic mass is 9.94. The van der Waals surface area contributed by atoms with Crippen LogP contribution in [0.5, 0.6) is 0 Å². The number of aliphatic carboxylic acids is 1. The third kappa shape index (κ3) is 10.5. The molecule has 160 valence electrons. The zero-order valence-corrected chi connectivity index (χ0v) is 18.3. The van der Waals surface area contributed by atoms with Crippen LogP contribution in [0.3, 0.4) is 0 Å². The molecule has 1 saturated heterocycles. The summed E-state index contributed by atoms with van der Waals surface area (Å²) >= 11 is 0. The fraction of sp³-hybridized carbons (Fsp3) is 0.958. The van der Waals surface area contributed by atoms with Crippen molar-refractivity contribution in [3.8, 4) is 0 Å². The van der Waals surface area contributed by atoms with Crippen molar-refractivity contribution in [2.24, 2.45) is 0 Å². The Kier molecular flexibility index (Phi) is 13.9. The van der Waals surface area contributed by atoms with Crippen LogP contribution < -0.4 is 0 Å². The van der Waals surface area contributed by atoms with Crippen LogP contribution in [0.4, 0.5) is 0 Å². The first kappa shape index (κ1) is 24.5. The molecule has 0 aromatic heterocycles. The molecule has 1 aliphatic rings. The molecule has 0 aromatic carbocycles. The summed E-state index contributed by atoms with van der Waals surface area (Å²) in [4.78, 5) is 11.6. The van der Waals surface area contributed by atoms with Gasteiger partial charge in [-0.2, -0.15) is 0 Å². The third-order valence-corrected chi connectivity index (χ3v) is 6.15. The number of carbonyl (C=O) groups is 1. The molecule has 0 radical (unpaired) electrons. The molecule has 1 aliphatic heterocycles. The van der Waals surface area contributed by atoms with Gasteiger partial charge >= 0.3 is 5.97 Å². The van der Waals surface area contributed by atoms with Crippen LogP contribution in [0.2, 0.25) is 0 Å². The van der Waals surface area contributed by atoms with Crippen molar-refractivity contribution in [1.29, 1.82) is 0 Å². The van der Waals surface area contributed by atoms with E-state index in [1.807, 2.05) is 0 Å². The minimum absolute atomic E-state index is 0.0238. The van der Waals surface area contributed by atoms with Gasteiger partial charge in [0.1, 0.15) is 0 Å². The highest BCUT2D eigenvalue weighted by Gasteiger charge is 2.61. The molecule has 0 bridgehead atoms. The summed E-state index contributed by atoms with van der Waals surface area (Å²) in [5, 5.41) is 9.51. The predicted molar refractivity (Wildman–Crippen MR) is 114 cm³/mol. The molecule has 3 heteroatoms. The fourth-order valence-corrected chi connectivity index (χ4v) is 4.19. The summed E-state index contributed by atoms with van der Waals surface area (Å²) in [5.74, 6) is -0.737. The van der Waals surface area contributed by atoms with E-state index in [1.54, 1.807) is 0 Å². The van der Waals surface area contributed by atoms with E-state index in [2.05, 4.69) is 13.8 Å². The molecule has 1 heterocycles. The summed E-state index contributed by atoms with van der Waals surface area (Å²) in [6.45, 7) is 4.45. The highest BCUT2D eigenvalue weighted by atomic mass is 16.6. The highest BCUT2D eigenvalue weighted by molar-refractivity contribution is 5.81. The molecule has 27 heavy (non-hydrogen) atoms. The highest BCUT2D eigenvalue weighted by Crippen LogP contribution is 2.44. The smallest absolute Gasteiger partial charge is 0.338 e. The van der Waals surface area contributed by atoms with E-state index in [1.165, 1.54) is 89.9 Å². The van der Waals surface area contributed by atoms with Crippen molar-refractivity contribution in [2.75, 3.05) is 0 Å². The second-order valence-corrected chi connectivity index (χ2v) is 8.64. The van der Waals surface area contributed by atoms with Crippen molar-refractivity contribution in [2.45, 2.75) is 148 Å². The Morgan fingerprint density at radius 2 is 1.11 bits per heavy atom. The Bertz CT molecular complexity index is 369. The number of rotatable bonds is 20. The predicted octanol–water partition coefficient (Wildman–Crippen LogP) is 7.66. The first-order valence-electron chi connectivity index (χ1n) is 12.1. The van der Waals surface area contributed by atoms with Crippen molar-refractivity contribution >= 4 is 5.97 Å². The van der Waals surface area contributed by atoms with Gasteiger partial charge in [-0.05, 0) is 19.3 Å². The van der Waals surface area contributed by atoms with Crippen LogP contribution in [-0.2, 0) is 9.53 Å². The molecule has 1 rings (SSSR count). The molecule has 0 aromatic rings. The Morgan fingerprint density at radius 3 is 1.56 bits per heavy atom. The second-order valence-electron chi connectivity index (χ2n) is 8.64. The number of hydrogen-bond donors (Lipinski definition) is 1. The van der Waals surface area contributed by atoms with Crippen LogP contribution in [-0.4, -0.2) is 22.8 Å². The van der Waals surface area contributed by atoms with Gasteiger partial charge in [0.05, 0.1) is 6.10 Å². The maximum atomic E-state index is 11.6. The number of carboxylic acid groups (broad SMARTS) is 1. The monoisotopic (exact) mass is 382 g/mol. The molecule has 0 spiro atoms. The topological polar surface area (TPSA) is 49.8 Å². The van der Waals surface area contributed by atoms with Crippen LogP contribution in [0, 0.1) is 0 Å². The minimum atomic E-state index is -0.829. The fourth-order valence-electron chi connectivity index (χ4n) is 4.19. The Morgan fingerprint density at radius 1 is 0.704 bits per heavy atom. The summed E-state index contributed by atoms with van der Waals surface area (Å²) in [6, 6.07) is 0. The summed E-state index contributed by atoms with van der Waals surface area (Å²) in [5.41, 5.74) is -0.829. The standard InChI is InChI=1S/C24H46O3/c1-3-5-7-9-10-11-12-13-14-15-16-17-18-20-22-24(27-22,23(25)26)21-19-8-6-4-2/h22H,3-21H2,1-2H3,(H,25,26). The van der Waals surface area contributed by atoms with Crippen molar-refractivity contribution < 1.29 is 14.6 Å². The summed E-state index contributed by atoms with van der Waals surface area (Å²) < 4.78 is 5.65. The Balaban J connectivity index is 1.91. The van der Waals surface area contributed by atoms with Gasteiger partial charge in [0, 0.05) is 0 Å². The van der Waals surface area contributed by atoms with Gasteiger partial charge in [-0.15, -0.1) is 0 Å². The maximum Gasteiger partial charge on any atom is 0.338 e. The molecule has 0 amide bonds. The van der Waals surface area contributed by atoms with Gasteiger partial charge in [0.25, 0.3) is 0 Å². The van der Waals surface area contributed by atoms with Gasteiger partial charge < -0.3 is 9.84 Å². The lowest BCUT2D eigenvalue weighted by molar-refractivity contribution is -0.143. The van der Waals surface area contributed by atoms with Crippen molar-refractivity contribution in [3.05, 3.63) is 0 Å². The van der Waals surface area contributed by atoms with Crippen LogP contribution in [0.15, 0.2) is 0 Å². The number of hydrogen-bond acceptors (Lipinski definition) is 2. The zero-order chi connectivity index (χ0) is 19.8. The number of ether oxygens (including phenoxy) is 1. The summed E-state index contributed by atoms with van der Waals surface area (Å²) in [7, 11) is 0. The van der Waals surface area contributed by atoms with Crippen LogP contribution in [0.25, 0.3) is 0 Å².